The van der Waals surface area contributed by atoms with E-state index in [4.69, 9.17) is 69.6 Å². The van der Waals surface area contributed by atoms with Crippen molar-refractivity contribution in [1.29, 1.82) is 0 Å². The molecule has 0 aliphatic heterocycles. The molecule has 14 nitrogen and oxygen atoms in total. The van der Waals surface area contributed by atoms with Crippen molar-refractivity contribution in [3.8, 4) is 33.5 Å². The molecular weight excluding hydrogens is 1660 g/mol. The van der Waals surface area contributed by atoms with E-state index >= 15 is 0 Å². The van der Waals surface area contributed by atoms with Gasteiger partial charge in [-0.3, -0.25) is 19.3 Å². The van der Waals surface area contributed by atoms with Gasteiger partial charge in [-0.15, -0.1) is 34.0 Å². The van der Waals surface area contributed by atoms with Gasteiger partial charge in [0, 0.05) is 95.4 Å². The van der Waals surface area contributed by atoms with E-state index in [1.165, 1.54) is 89.3 Å². The zero-order chi connectivity index (χ0) is 78.6. The topological polar surface area (TPSA) is 182 Å². The number of fused-ring (bicyclic) bond motifs is 6. The molecule has 0 saturated carbocycles. The number of aromatic nitrogens is 5. The first-order chi connectivity index (χ1) is 54.3. The summed E-state index contributed by atoms with van der Waals surface area (Å²) in [7, 11) is -5.34. The number of nitrogens with one attached hydrogen (secondary N) is 4. The van der Waals surface area contributed by atoms with Crippen molar-refractivity contribution in [3.05, 3.63) is 335 Å². The number of aromatic amines is 1. The molecule has 0 amide bonds. The highest BCUT2D eigenvalue weighted by atomic mass is 35.5. The Balaban J connectivity index is 0.000000128. The van der Waals surface area contributed by atoms with Gasteiger partial charge >= 0.3 is 0 Å². The predicted molar refractivity (Wildman–Crippen MR) is 473 cm³/mol. The van der Waals surface area contributed by atoms with Crippen LogP contribution < -0.4 is 14.2 Å². The maximum absolute atomic E-state index is 13.0. The summed E-state index contributed by atoms with van der Waals surface area (Å²) in [6.45, 7) is 0. The van der Waals surface area contributed by atoms with Gasteiger partial charge in [-0.1, -0.05) is 258 Å². The molecule has 7 aromatic heterocycles. The molecule has 0 unspecified atom stereocenters. The fraction of sp³-hybridized carbons (Fsp3) is 0.0690. The van der Waals surface area contributed by atoms with Crippen LogP contribution in [0.3, 0.4) is 0 Å². The highest BCUT2D eigenvalue weighted by Crippen LogP contribution is 2.42. The molecule has 0 atom stereocenters. The molecule has 0 aliphatic rings. The number of H-pyrrole nitrogens is 1. The third-order valence-electron chi connectivity index (χ3n) is 19.5. The summed E-state index contributed by atoms with van der Waals surface area (Å²) < 4.78 is 92.2. The second-order valence-corrected chi connectivity index (χ2v) is 39.1. The standard InChI is InChI=1S/2C30H22Cl2N2O2S2.C27H20Cl2N4O2S2/c1-34-18-23(15-19-12-13-20-6-2-3-7-21(20)14-19)29-25(10-5-11-27(29)34)22-8-4-9-24(16-22)33-38(35,36)28-17-26(31)30(32)37-28;1-34-18-23(16-19-9-10-20-5-2-3-6-22(20)15-19)29-25(7-4-8-27(29)34)21-11-13-24(14-12-21)33-38(35,36)28-17-26(31)30(32)37-28;1-33-15-19(12-16-9-10-17-5-2-3-6-18(17)11-16)26-20(7-4-8-23(26)33)22-14-24(31-30-22)32-37(34,35)25-13-21(28)27(29)36-25/h2-14,16-18,33H,15H2,1H3;2-15,17-18,33H,16H2,1H3;2-11,13-15H,12H2,1H3,(H2,30,31,32). The van der Waals surface area contributed by atoms with Crippen LogP contribution in [0.25, 0.3) is 98.5 Å². The van der Waals surface area contributed by atoms with Gasteiger partial charge in [0.25, 0.3) is 30.1 Å². The second kappa shape index (κ2) is 31.8. The van der Waals surface area contributed by atoms with Gasteiger partial charge in [0.1, 0.15) is 25.6 Å². The van der Waals surface area contributed by atoms with E-state index in [-0.39, 0.29) is 46.5 Å². The molecule has 113 heavy (non-hydrogen) atoms. The van der Waals surface area contributed by atoms with Crippen molar-refractivity contribution in [2.45, 2.75) is 31.9 Å². The zero-order valence-electron chi connectivity index (χ0n) is 60.1. The number of hydrogen-bond acceptors (Lipinski definition) is 10. The molecule has 0 aliphatic carbocycles. The quantitative estimate of drug-likeness (QED) is 0.0659. The second-order valence-electron chi connectivity index (χ2n) is 27.2. The summed E-state index contributed by atoms with van der Waals surface area (Å²) in [6, 6.07) is 84.1. The Labute approximate surface area is 694 Å². The number of rotatable bonds is 18. The van der Waals surface area contributed by atoms with Crippen LogP contribution in [-0.4, -0.2) is 49.2 Å². The van der Waals surface area contributed by atoms with Gasteiger partial charge < -0.3 is 13.7 Å². The highest BCUT2D eigenvalue weighted by Gasteiger charge is 2.25. The van der Waals surface area contributed by atoms with Crippen LogP contribution in [0.5, 0.6) is 0 Å². The van der Waals surface area contributed by atoms with Crippen molar-refractivity contribution in [1.82, 2.24) is 23.9 Å². The van der Waals surface area contributed by atoms with Crippen molar-refractivity contribution in [2.75, 3.05) is 14.2 Å². The van der Waals surface area contributed by atoms with Gasteiger partial charge in [0.15, 0.2) is 5.82 Å². The Kier molecular flexibility index (Phi) is 21.7. The molecule has 7 heterocycles. The van der Waals surface area contributed by atoms with E-state index in [2.05, 4.69) is 222 Å². The Morgan fingerprint density at radius 2 is 0.708 bits per heavy atom. The van der Waals surface area contributed by atoms with E-state index in [9.17, 15) is 25.3 Å². The van der Waals surface area contributed by atoms with Crippen molar-refractivity contribution < 1.29 is 25.3 Å². The summed E-state index contributed by atoms with van der Waals surface area (Å²) in [5.41, 5.74) is 17.3. The van der Waals surface area contributed by atoms with E-state index in [0.29, 0.717) is 17.1 Å². The molecule has 26 heteroatoms. The highest BCUT2D eigenvalue weighted by molar-refractivity contribution is 7.95. The van der Waals surface area contributed by atoms with Gasteiger partial charge in [0.05, 0.1) is 20.8 Å². The van der Waals surface area contributed by atoms with Crippen LogP contribution in [0, 0.1) is 0 Å². The number of thiophene rings is 3. The lowest BCUT2D eigenvalue weighted by atomic mass is 9.95. The Hall–Kier alpha value is -9.88. The number of aryl methyl sites for hydroxylation is 3. The number of halogens is 6. The van der Waals surface area contributed by atoms with E-state index in [1.807, 2.05) is 67.7 Å². The fourth-order valence-electron chi connectivity index (χ4n) is 14.4. The number of nitrogens with zero attached hydrogens (tertiary/aromatic N) is 4. The van der Waals surface area contributed by atoms with E-state index in [1.54, 1.807) is 24.3 Å². The summed E-state index contributed by atoms with van der Waals surface area (Å²) in [5.74, 6) is 0.180. The predicted octanol–water partition coefficient (Wildman–Crippen LogP) is 25.0. The van der Waals surface area contributed by atoms with Gasteiger partial charge in [-0.2, -0.15) is 5.10 Å². The van der Waals surface area contributed by atoms with Gasteiger partial charge in [-0.05, 0) is 168 Å². The minimum Gasteiger partial charge on any atom is -0.350 e. The lowest BCUT2D eigenvalue weighted by molar-refractivity contribution is 0.601. The normalized spacial score (nSPS) is 11.9. The molecule has 4 N–H and O–H groups in total. The summed E-state index contributed by atoms with van der Waals surface area (Å²) in [4.78, 5) is 0. The number of sulfonamides is 3. The fourth-order valence-corrected chi connectivity index (χ4v) is 23.1. The molecule has 0 saturated heterocycles. The van der Waals surface area contributed by atoms with Crippen LogP contribution in [0.2, 0.25) is 28.1 Å². The Morgan fingerprint density at radius 1 is 0.345 bits per heavy atom. The lowest BCUT2D eigenvalue weighted by Gasteiger charge is -2.11. The average Bonchev–Trinajstić information content (AvgIpc) is 1.64. The zero-order valence-corrected chi connectivity index (χ0v) is 69.5. The molecule has 566 valence electrons. The van der Waals surface area contributed by atoms with Crippen LogP contribution in [0.4, 0.5) is 17.2 Å². The van der Waals surface area contributed by atoms with Crippen LogP contribution in [0.1, 0.15) is 33.4 Å². The summed E-state index contributed by atoms with van der Waals surface area (Å²) in [6.07, 6.45) is 8.87. The number of benzene rings is 11. The Morgan fingerprint density at radius 3 is 1.12 bits per heavy atom. The van der Waals surface area contributed by atoms with E-state index in [0.717, 1.165) is 108 Å². The number of anilines is 3. The summed E-state index contributed by atoms with van der Waals surface area (Å²) in [5, 5.41) is 18.6. The van der Waals surface area contributed by atoms with Crippen LogP contribution >= 0.6 is 104 Å². The SMILES string of the molecule is Cn1cc(Cc2ccc3ccccc3c2)c2c(-c3cc(NS(=O)(=O)c4cc(Cl)c(Cl)s4)n[nH]3)cccc21.Cn1cc(Cc2ccc3ccccc3c2)c2c(-c3ccc(NS(=O)(=O)c4cc(Cl)c(Cl)s4)cc3)cccc21.Cn1cc(Cc2ccc3ccccc3c2)c2c(-c3cccc(NS(=O)(=O)c4cc(Cl)c(Cl)s4)c3)cccc21. The average molecular weight is 1720 g/mol. The molecule has 0 bridgehead atoms. The van der Waals surface area contributed by atoms with Crippen LogP contribution in [-0.2, 0) is 70.5 Å². The molecule has 11 aromatic carbocycles. The third-order valence-corrected chi connectivity index (χ3v) is 30.7. The monoisotopic (exact) mass is 1720 g/mol. The number of hydrogen-bond donors (Lipinski definition) is 4. The Bertz CT molecular complexity index is 7050. The molecule has 0 fully saturated rings. The third kappa shape index (κ3) is 16.4. The van der Waals surface area contributed by atoms with Crippen LogP contribution in [0.15, 0.2) is 286 Å². The maximum Gasteiger partial charge on any atom is 0.272 e. The first-order valence-corrected chi connectivity index (χ1v) is 44.4. The van der Waals surface area contributed by atoms with Gasteiger partial charge in [0.2, 0.25) is 0 Å². The molecule has 0 spiro atoms. The summed E-state index contributed by atoms with van der Waals surface area (Å²) >= 11 is 38.5. The molecule has 0 radical (unpaired) electrons. The lowest BCUT2D eigenvalue weighted by Crippen LogP contribution is -2.11. The van der Waals surface area contributed by atoms with Crippen molar-refractivity contribution in [2.24, 2.45) is 21.1 Å². The van der Waals surface area contributed by atoms with E-state index < -0.39 is 30.1 Å². The maximum atomic E-state index is 13.0. The minimum atomic E-state index is -3.88. The first-order valence-electron chi connectivity index (χ1n) is 35.2. The molecule has 18 aromatic rings. The van der Waals surface area contributed by atoms with Crippen molar-refractivity contribution >= 4 is 216 Å². The van der Waals surface area contributed by atoms with Crippen molar-refractivity contribution in [3.63, 3.8) is 0 Å². The smallest absolute Gasteiger partial charge is 0.272 e. The minimum absolute atomic E-state index is 0.0230. The van der Waals surface area contributed by atoms with Gasteiger partial charge in [-0.25, -0.2) is 25.3 Å². The molecule has 18 rings (SSSR count). The first kappa shape index (κ1) is 77.1. The largest absolute Gasteiger partial charge is 0.350 e. The molecular formula is C87H64Cl6N8O6S6.